The van der Waals surface area contributed by atoms with E-state index in [1.807, 2.05) is 6.07 Å². The van der Waals surface area contributed by atoms with Gasteiger partial charge in [0, 0.05) is 11.1 Å². The van der Waals surface area contributed by atoms with Crippen LogP contribution in [0.4, 0.5) is 5.69 Å². The van der Waals surface area contributed by atoms with Crippen LogP contribution in [0.25, 0.3) is 0 Å². The first-order valence-corrected chi connectivity index (χ1v) is 5.04. The summed E-state index contributed by atoms with van der Waals surface area (Å²) in [5, 5.41) is 12.9. The van der Waals surface area contributed by atoms with Crippen molar-refractivity contribution in [3.05, 3.63) is 28.8 Å². The maximum atomic E-state index is 8.88. The monoisotopic (exact) mass is 206 g/mol. The van der Waals surface area contributed by atoms with Gasteiger partial charge in [-0.2, -0.15) is 5.26 Å². The molecule has 1 aromatic rings. The van der Waals surface area contributed by atoms with Crippen molar-refractivity contribution in [3.8, 4) is 6.07 Å². The second-order valence-electron chi connectivity index (χ2n) is 3.77. The minimum Gasteiger partial charge on any atom is -0.381 e. The van der Waals surface area contributed by atoms with Crippen molar-refractivity contribution in [3.63, 3.8) is 0 Å². The maximum Gasteiger partial charge on any atom is 0.101 e. The lowest BCUT2D eigenvalue weighted by Crippen LogP contribution is -2.04. The highest BCUT2D eigenvalue weighted by atomic mass is 35.5. The molecule has 0 saturated heterocycles. The lowest BCUT2D eigenvalue weighted by Gasteiger charge is -2.07. The Labute approximate surface area is 88.5 Å². The number of hydrogen-bond donors (Lipinski definition) is 1. The minimum atomic E-state index is 0.514. The van der Waals surface area contributed by atoms with E-state index in [0.29, 0.717) is 22.5 Å². The third-order valence-electron chi connectivity index (χ3n) is 2.55. The molecule has 1 aliphatic carbocycles. The van der Waals surface area contributed by atoms with Crippen LogP contribution in [-0.2, 0) is 0 Å². The fraction of sp³-hybridized carbons (Fsp3) is 0.364. The van der Waals surface area contributed by atoms with Crippen molar-refractivity contribution in [2.45, 2.75) is 19.4 Å². The molecule has 0 heterocycles. The second-order valence-corrected chi connectivity index (χ2v) is 4.20. The van der Waals surface area contributed by atoms with E-state index in [-0.39, 0.29) is 0 Å². The highest BCUT2D eigenvalue weighted by Crippen LogP contribution is 2.34. The number of halogens is 1. The minimum absolute atomic E-state index is 0.514. The standard InChI is InChI=1S/C11H11ClN2/c1-7-4-10(7)14-11-5-9(12)3-2-8(11)6-13/h2-3,5,7,10,14H,4H2,1H3. The number of nitrogens with one attached hydrogen (secondary N) is 1. The Kier molecular flexibility index (Phi) is 2.35. The summed E-state index contributed by atoms with van der Waals surface area (Å²) in [5.41, 5.74) is 1.52. The van der Waals surface area contributed by atoms with Crippen LogP contribution in [0.2, 0.25) is 5.02 Å². The molecule has 0 aromatic heterocycles. The molecule has 0 bridgehead atoms. The van der Waals surface area contributed by atoms with Gasteiger partial charge in [0.05, 0.1) is 11.3 Å². The molecule has 3 heteroatoms. The number of hydrogen-bond acceptors (Lipinski definition) is 2. The van der Waals surface area contributed by atoms with Gasteiger partial charge >= 0.3 is 0 Å². The number of nitrogens with zero attached hydrogens (tertiary/aromatic N) is 1. The van der Waals surface area contributed by atoms with Gasteiger partial charge in [-0.05, 0) is 30.5 Å². The summed E-state index contributed by atoms with van der Waals surface area (Å²) < 4.78 is 0. The van der Waals surface area contributed by atoms with E-state index in [1.54, 1.807) is 12.1 Å². The summed E-state index contributed by atoms with van der Waals surface area (Å²) in [6.07, 6.45) is 1.18. The fourth-order valence-corrected chi connectivity index (χ4v) is 1.63. The summed E-state index contributed by atoms with van der Waals surface area (Å²) in [6, 6.07) is 7.96. The van der Waals surface area contributed by atoms with Crippen molar-refractivity contribution in [1.82, 2.24) is 0 Å². The Bertz CT molecular complexity index is 395. The van der Waals surface area contributed by atoms with Gasteiger partial charge in [-0.3, -0.25) is 0 Å². The zero-order valence-electron chi connectivity index (χ0n) is 7.92. The zero-order valence-corrected chi connectivity index (χ0v) is 8.67. The van der Waals surface area contributed by atoms with Crippen LogP contribution in [0.1, 0.15) is 18.9 Å². The van der Waals surface area contributed by atoms with Crippen molar-refractivity contribution >= 4 is 17.3 Å². The van der Waals surface area contributed by atoms with Gasteiger partial charge in [0.1, 0.15) is 6.07 Å². The quantitative estimate of drug-likeness (QED) is 0.808. The van der Waals surface area contributed by atoms with Gasteiger partial charge in [-0.15, -0.1) is 0 Å². The van der Waals surface area contributed by atoms with Gasteiger partial charge in [0.25, 0.3) is 0 Å². The summed E-state index contributed by atoms with van der Waals surface area (Å²) >= 11 is 5.86. The molecule has 1 fully saturated rings. The van der Waals surface area contributed by atoms with Crippen molar-refractivity contribution in [2.24, 2.45) is 5.92 Å². The number of benzene rings is 1. The molecule has 2 nitrogen and oxygen atoms in total. The van der Waals surface area contributed by atoms with E-state index in [0.717, 1.165) is 5.69 Å². The summed E-state index contributed by atoms with van der Waals surface area (Å²) in [5.74, 6) is 0.709. The van der Waals surface area contributed by atoms with E-state index in [1.165, 1.54) is 6.42 Å². The molecule has 2 unspecified atom stereocenters. The molecule has 14 heavy (non-hydrogen) atoms. The lowest BCUT2D eigenvalue weighted by molar-refractivity contribution is 0.929. The summed E-state index contributed by atoms with van der Waals surface area (Å²) in [7, 11) is 0. The largest absolute Gasteiger partial charge is 0.381 e. The Morgan fingerprint density at radius 1 is 1.57 bits per heavy atom. The molecule has 1 aromatic carbocycles. The molecule has 2 atom stereocenters. The van der Waals surface area contributed by atoms with Crippen molar-refractivity contribution in [1.29, 1.82) is 5.26 Å². The molecule has 0 aliphatic heterocycles. The first-order valence-electron chi connectivity index (χ1n) is 4.67. The van der Waals surface area contributed by atoms with E-state index in [2.05, 4.69) is 18.3 Å². The lowest BCUT2D eigenvalue weighted by atomic mass is 10.2. The van der Waals surface area contributed by atoms with Crippen molar-refractivity contribution in [2.75, 3.05) is 5.32 Å². The maximum absolute atomic E-state index is 8.88. The normalized spacial score (nSPS) is 24.1. The van der Waals surface area contributed by atoms with Gasteiger partial charge in [0.2, 0.25) is 0 Å². The average Bonchev–Trinajstić information content (AvgIpc) is 2.82. The molecule has 1 N–H and O–H groups in total. The van der Waals surface area contributed by atoms with Crippen LogP contribution >= 0.6 is 11.6 Å². The predicted octanol–water partition coefficient (Wildman–Crippen LogP) is 3.03. The molecule has 0 amide bonds. The highest BCUT2D eigenvalue weighted by Gasteiger charge is 2.32. The van der Waals surface area contributed by atoms with Gasteiger partial charge in [-0.25, -0.2) is 0 Å². The van der Waals surface area contributed by atoms with Crippen LogP contribution in [-0.4, -0.2) is 6.04 Å². The van der Waals surface area contributed by atoms with Crippen LogP contribution in [0.5, 0.6) is 0 Å². The van der Waals surface area contributed by atoms with Crippen LogP contribution in [0.3, 0.4) is 0 Å². The Balaban J connectivity index is 2.22. The van der Waals surface area contributed by atoms with Crippen LogP contribution < -0.4 is 5.32 Å². The molecule has 1 aliphatic rings. The SMILES string of the molecule is CC1CC1Nc1cc(Cl)ccc1C#N. The molecule has 0 radical (unpaired) electrons. The van der Waals surface area contributed by atoms with Gasteiger partial charge in [-0.1, -0.05) is 18.5 Å². The first-order chi connectivity index (χ1) is 6.70. The predicted molar refractivity (Wildman–Crippen MR) is 57.4 cm³/mol. The smallest absolute Gasteiger partial charge is 0.101 e. The van der Waals surface area contributed by atoms with Crippen LogP contribution in [0.15, 0.2) is 18.2 Å². The van der Waals surface area contributed by atoms with Gasteiger partial charge in [0.15, 0.2) is 0 Å². The van der Waals surface area contributed by atoms with E-state index in [9.17, 15) is 0 Å². The number of anilines is 1. The molecule has 2 rings (SSSR count). The third-order valence-corrected chi connectivity index (χ3v) is 2.79. The van der Waals surface area contributed by atoms with Crippen molar-refractivity contribution < 1.29 is 0 Å². The Morgan fingerprint density at radius 2 is 2.29 bits per heavy atom. The second kappa shape index (κ2) is 3.51. The molecule has 1 saturated carbocycles. The number of rotatable bonds is 2. The average molecular weight is 207 g/mol. The van der Waals surface area contributed by atoms with E-state index in [4.69, 9.17) is 16.9 Å². The van der Waals surface area contributed by atoms with E-state index >= 15 is 0 Å². The Morgan fingerprint density at radius 3 is 2.86 bits per heavy atom. The molecular weight excluding hydrogens is 196 g/mol. The van der Waals surface area contributed by atoms with E-state index < -0.39 is 0 Å². The summed E-state index contributed by atoms with van der Waals surface area (Å²) in [6.45, 7) is 2.19. The van der Waals surface area contributed by atoms with Crippen LogP contribution in [0, 0.1) is 17.2 Å². The zero-order chi connectivity index (χ0) is 10.1. The van der Waals surface area contributed by atoms with Gasteiger partial charge < -0.3 is 5.32 Å². The highest BCUT2D eigenvalue weighted by molar-refractivity contribution is 6.30. The third kappa shape index (κ3) is 1.83. The molecule has 72 valence electrons. The topological polar surface area (TPSA) is 35.8 Å². The summed E-state index contributed by atoms with van der Waals surface area (Å²) in [4.78, 5) is 0. The number of nitriles is 1. The first kappa shape index (κ1) is 9.36. The molecule has 0 spiro atoms. The molecular formula is C11H11ClN2. The fourth-order valence-electron chi connectivity index (χ4n) is 1.46. The Hall–Kier alpha value is -1.20.